The lowest BCUT2D eigenvalue weighted by Gasteiger charge is -2.27. The number of fused-ring (bicyclic) bond motifs is 2. The number of hydrogen-bond donors (Lipinski definition) is 1. The fourth-order valence-corrected chi connectivity index (χ4v) is 5.54. The van der Waals surface area contributed by atoms with Crippen LogP contribution in [-0.4, -0.2) is 28.1 Å². The minimum atomic E-state index is -0.0693. The summed E-state index contributed by atoms with van der Waals surface area (Å²) in [6.45, 7) is 6.50. The minimum Gasteiger partial charge on any atom is -0.507 e. The molecule has 0 saturated carbocycles. The maximum Gasteiger partial charge on any atom is 0.203 e. The molecule has 3 heterocycles. The van der Waals surface area contributed by atoms with Crippen LogP contribution in [0.4, 0.5) is 0 Å². The third-order valence-electron chi connectivity index (χ3n) is 6.21. The van der Waals surface area contributed by atoms with Crippen molar-refractivity contribution in [3.63, 3.8) is 0 Å². The number of para-hydroxylation sites is 1. The SMILES string of the molecule is CCc1oc2c(C)c(O)c(CN3CCCCC3)cc2c(=O)c1-c1nc2ccccc2s1. The zero-order valence-electron chi connectivity index (χ0n) is 17.9. The quantitative estimate of drug-likeness (QED) is 0.451. The van der Waals surface area contributed by atoms with Gasteiger partial charge in [-0.3, -0.25) is 9.69 Å². The molecule has 0 amide bonds. The van der Waals surface area contributed by atoms with Crippen LogP contribution in [0.5, 0.6) is 5.75 Å². The van der Waals surface area contributed by atoms with Crippen molar-refractivity contribution >= 4 is 32.5 Å². The molecule has 0 radical (unpaired) electrons. The Balaban J connectivity index is 1.70. The molecule has 1 fully saturated rings. The second kappa shape index (κ2) is 8.09. The van der Waals surface area contributed by atoms with Gasteiger partial charge in [-0.2, -0.15) is 0 Å². The maximum absolute atomic E-state index is 13.7. The summed E-state index contributed by atoms with van der Waals surface area (Å²) in [4.78, 5) is 20.8. The first kappa shape index (κ1) is 20.2. The number of nitrogens with zero attached hydrogens (tertiary/aromatic N) is 2. The van der Waals surface area contributed by atoms with Gasteiger partial charge in [-0.25, -0.2) is 4.98 Å². The number of aromatic hydroxyl groups is 1. The molecule has 0 aliphatic carbocycles. The van der Waals surface area contributed by atoms with E-state index in [9.17, 15) is 9.90 Å². The van der Waals surface area contributed by atoms with E-state index < -0.39 is 0 Å². The molecule has 5 nitrogen and oxygen atoms in total. The molecular weight excluding hydrogens is 408 g/mol. The number of hydrogen-bond acceptors (Lipinski definition) is 6. The van der Waals surface area contributed by atoms with E-state index in [0.717, 1.165) is 28.9 Å². The molecule has 1 N–H and O–H groups in total. The highest BCUT2D eigenvalue weighted by Crippen LogP contribution is 2.36. The average Bonchev–Trinajstić information content (AvgIpc) is 3.22. The van der Waals surface area contributed by atoms with Gasteiger partial charge in [0.15, 0.2) is 0 Å². The van der Waals surface area contributed by atoms with Gasteiger partial charge in [0.1, 0.15) is 22.1 Å². The van der Waals surface area contributed by atoms with Crippen LogP contribution in [0.2, 0.25) is 0 Å². The fourth-order valence-electron chi connectivity index (χ4n) is 4.52. The van der Waals surface area contributed by atoms with Crippen molar-refractivity contribution in [2.45, 2.75) is 46.1 Å². The number of likely N-dealkylation sites (tertiary alicyclic amines) is 1. The van der Waals surface area contributed by atoms with Crippen LogP contribution in [0.1, 0.15) is 43.1 Å². The Bertz CT molecular complexity index is 1300. The molecule has 0 atom stereocenters. The number of aryl methyl sites for hydroxylation is 2. The van der Waals surface area contributed by atoms with Crippen LogP contribution in [0.3, 0.4) is 0 Å². The van der Waals surface area contributed by atoms with Crippen LogP contribution in [0.15, 0.2) is 39.5 Å². The van der Waals surface area contributed by atoms with E-state index in [1.54, 1.807) is 0 Å². The Kier molecular flexibility index (Phi) is 5.28. The highest BCUT2D eigenvalue weighted by atomic mass is 32.1. The Labute approximate surface area is 185 Å². The molecular formula is C25H26N2O3S. The maximum atomic E-state index is 13.7. The summed E-state index contributed by atoms with van der Waals surface area (Å²) in [5.74, 6) is 0.846. The van der Waals surface area contributed by atoms with Crippen molar-refractivity contribution in [2.75, 3.05) is 13.1 Å². The van der Waals surface area contributed by atoms with E-state index in [1.807, 2.05) is 44.2 Å². The molecule has 31 heavy (non-hydrogen) atoms. The van der Waals surface area contributed by atoms with E-state index in [4.69, 9.17) is 9.40 Å². The third-order valence-corrected chi connectivity index (χ3v) is 7.26. The monoisotopic (exact) mass is 434 g/mol. The number of phenolic OH excluding ortho intramolecular Hbond substituents is 1. The third kappa shape index (κ3) is 3.54. The van der Waals surface area contributed by atoms with Gasteiger partial charge in [-0.1, -0.05) is 25.5 Å². The molecule has 0 spiro atoms. The smallest absolute Gasteiger partial charge is 0.203 e. The summed E-state index contributed by atoms with van der Waals surface area (Å²) in [7, 11) is 0. The number of piperidine rings is 1. The lowest BCUT2D eigenvalue weighted by molar-refractivity contribution is 0.218. The number of phenols is 1. The molecule has 0 unspecified atom stereocenters. The number of benzene rings is 2. The van der Waals surface area contributed by atoms with Crippen LogP contribution in [0, 0.1) is 6.92 Å². The molecule has 1 saturated heterocycles. The van der Waals surface area contributed by atoms with Crippen LogP contribution < -0.4 is 5.43 Å². The van der Waals surface area contributed by atoms with Crippen molar-refractivity contribution in [2.24, 2.45) is 0 Å². The summed E-state index contributed by atoms with van der Waals surface area (Å²) in [5.41, 5.74) is 3.26. The molecule has 2 aromatic carbocycles. The molecule has 6 heteroatoms. The van der Waals surface area contributed by atoms with Crippen LogP contribution in [-0.2, 0) is 13.0 Å². The van der Waals surface area contributed by atoms with Gasteiger partial charge in [-0.15, -0.1) is 11.3 Å². The van der Waals surface area contributed by atoms with Crippen molar-refractivity contribution in [3.8, 4) is 16.3 Å². The second-order valence-corrected chi connectivity index (χ2v) is 9.32. The summed E-state index contributed by atoms with van der Waals surface area (Å²) >= 11 is 1.51. The van der Waals surface area contributed by atoms with Crippen molar-refractivity contribution in [1.29, 1.82) is 0 Å². The fraction of sp³-hybridized carbons (Fsp3) is 0.360. The standard InChI is InChI=1S/C25H26N2O3S/c1-3-19-21(25-26-18-9-5-6-10-20(18)31-25)23(29)17-13-16(14-27-11-7-4-8-12-27)22(28)15(2)24(17)30-19/h5-6,9-10,13,28H,3-4,7-8,11-12,14H2,1-2H3. The Morgan fingerprint density at radius 2 is 1.97 bits per heavy atom. The molecule has 1 aliphatic rings. The minimum absolute atomic E-state index is 0.0693. The first-order valence-corrected chi connectivity index (χ1v) is 11.8. The summed E-state index contributed by atoms with van der Waals surface area (Å²) in [5, 5.41) is 12.1. The van der Waals surface area contributed by atoms with Gasteiger partial charge in [0, 0.05) is 24.1 Å². The predicted molar refractivity (Wildman–Crippen MR) is 126 cm³/mol. The van der Waals surface area contributed by atoms with E-state index in [0.29, 0.717) is 45.8 Å². The average molecular weight is 435 g/mol. The zero-order chi connectivity index (χ0) is 21.5. The van der Waals surface area contributed by atoms with Crippen molar-refractivity contribution < 1.29 is 9.52 Å². The first-order chi connectivity index (χ1) is 15.1. The molecule has 1 aliphatic heterocycles. The lowest BCUT2D eigenvalue weighted by Crippen LogP contribution is -2.29. The largest absolute Gasteiger partial charge is 0.507 e. The lowest BCUT2D eigenvalue weighted by atomic mass is 10.0. The highest BCUT2D eigenvalue weighted by molar-refractivity contribution is 7.21. The molecule has 4 aromatic rings. The van der Waals surface area contributed by atoms with E-state index in [1.165, 1.54) is 30.6 Å². The van der Waals surface area contributed by atoms with E-state index in [-0.39, 0.29) is 11.2 Å². The van der Waals surface area contributed by atoms with Crippen molar-refractivity contribution in [3.05, 3.63) is 57.4 Å². The number of aromatic nitrogens is 1. The molecule has 5 rings (SSSR count). The second-order valence-electron chi connectivity index (χ2n) is 8.29. The predicted octanol–water partition coefficient (Wildman–Crippen LogP) is 5.63. The van der Waals surface area contributed by atoms with E-state index >= 15 is 0 Å². The van der Waals surface area contributed by atoms with Crippen LogP contribution in [0.25, 0.3) is 31.8 Å². The number of rotatable bonds is 4. The Morgan fingerprint density at radius 1 is 1.19 bits per heavy atom. The summed E-state index contributed by atoms with van der Waals surface area (Å²) in [6, 6.07) is 9.74. The Hall–Kier alpha value is -2.70. The van der Waals surface area contributed by atoms with Gasteiger partial charge in [-0.05, 0) is 51.1 Å². The molecule has 0 bridgehead atoms. The van der Waals surface area contributed by atoms with Crippen LogP contribution >= 0.6 is 11.3 Å². The summed E-state index contributed by atoms with van der Waals surface area (Å²) < 4.78 is 7.27. The van der Waals surface area contributed by atoms with Gasteiger partial charge < -0.3 is 9.52 Å². The molecule has 2 aromatic heterocycles. The topological polar surface area (TPSA) is 66.6 Å². The Morgan fingerprint density at radius 3 is 2.71 bits per heavy atom. The normalized spacial score (nSPS) is 15.2. The van der Waals surface area contributed by atoms with Gasteiger partial charge in [0.2, 0.25) is 5.43 Å². The van der Waals surface area contributed by atoms with Gasteiger partial charge in [0.25, 0.3) is 0 Å². The first-order valence-electron chi connectivity index (χ1n) is 11.0. The van der Waals surface area contributed by atoms with Gasteiger partial charge in [0.05, 0.1) is 21.2 Å². The zero-order valence-corrected chi connectivity index (χ0v) is 18.7. The van der Waals surface area contributed by atoms with Gasteiger partial charge >= 0.3 is 0 Å². The number of thiazole rings is 1. The van der Waals surface area contributed by atoms with Crippen molar-refractivity contribution in [1.82, 2.24) is 9.88 Å². The molecule has 160 valence electrons. The summed E-state index contributed by atoms with van der Waals surface area (Å²) in [6.07, 6.45) is 4.19. The highest BCUT2D eigenvalue weighted by Gasteiger charge is 2.23. The van der Waals surface area contributed by atoms with E-state index in [2.05, 4.69) is 4.90 Å².